The minimum Gasteiger partial charge on any atom is -0.372 e. The number of ether oxygens (including phenoxy) is 2. The number of methoxy groups -OCH3 is 1. The minimum atomic E-state index is -0.755. The number of fused-ring (bicyclic) bond motifs is 1. The highest BCUT2D eigenvalue weighted by atomic mass is 16.6. The molecular weight excluding hydrogens is 240 g/mol. The number of rotatable bonds is 1. The van der Waals surface area contributed by atoms with E-state index in [1.54, 1.807) is 13.2 Å². The van der Waals surface area contributed by atoms with E-state index in [1.165, 1.54) is 0 Å². The summed E-state index contributed by atoms with van der Waals surface area (Å²) in [6, 6.07) is 0. The predicted octanol–water partition coefficient (Wildman–Crippen LogP) is 2.74. The molecule has 2 aliphatic carbocycles. The molecule has 3 rings (SSSR count). The molecule has 0 spiro atoms. The molecule has 2 fully saturated rings. The van der Waals surface area contributed by atoms with Crippen LogP contribution in [0.1, 0.15) is 40.0 Å². The molecule has 19 heavy (non-hydrogen) atoms. The Kier molecular flexibility index (Phi) is 2.75. The molecule has 0 unspecified atom stereocenters. The third-order valence-corrected chi connectivity index (χ3v) is 5.77. The van der Waals surface area contributed by atoms with Crippen molar-refractivity contribution in [2.45, 2.75) is 51.2 Å². The van der Waals surface area contributed by atoms with Crippen LogP contribution < -0.4 is 0 Å². The predicted molar refractivity (Wildman–Crippen MR) is 72.9 cm³/mol. The topological polar surface area (TPSA) is 35.5 Å². The van der Waals surface area contributed by atoms with Crippen molar-refractivity contribution in [3.05, 3.63) is 12.2 Å². The van der Waals surface area contributed by atoms with E-state index in [-0.39, 0.29) is 22.7 Å². The van der Waals surface area contributed by atoms with Crippen molar-refractivity contribution in [3.63, 3.8) is 0 Å². The first-order valence-corrected chi connectivity index (χ1v) is 7.26. The second kappa shape index (κ2) is 3.92. The van der Waals surface area contributed by atoms with Gasteiger partial charge in [-0.05, 0) is 50.5 Å². The number of hydrogen-bond acceptors (Lipinski definition) is 3. The fourth-order valence-electron chi connectivity index (χ4n) is 4.40. The summed E-state index contributed by atoms with van der Waals surface area (Å²) in [6.07, 6.45) is 7.12. The van der Waals surface area contributed by atoms with E-state index in [0.717, 1.165) is 19.3 Å². The monoisotopic (exact) mass is 264 g/mol. The van der Waals surface area contributed by atoms with Crippen molar-refractivity contribution in [1.29, 1.82) is 0 Å². The molecule has 0 amide bonds. The standard InChI is InChI=1S/C16H24O3/c1-14(2)11-5-7-15(3)8-6-13(17)16(18-4,10-19-14)12(11)9-15/h6,8,11-12H,5,7,9-10H2,1-4H3/t11-,12+,15-,16+/m1/s1. The highest BCUT2D eigenvalue weighted by molar-refractivity contribution is 5.98. The van der Waals surface area contributed by atoms with Crippen LogP contribution in [0, 0.1) is 17.3 Å². The minimum absolute atomic E-state index is 0.0890. The fraction of sp³-hybridized carbons (Fsp3) is 0.812. The average molecular weight is 264 g/mol. The van der Waals surface area contributed by atoms with Crippen LogP contribution in [0.2, 0.25) is 0 Å². The van der Waals surface area contributed by atoms with Gasteiger partial charge in [-0.2, -0.15) is 0 Å². The molecule has 2 bridgehead atoms. The lowest BCUT2D eigenvalue weighted by Gasteiger charge is -2.56. The summed E-state index contributed by atoms with van der Waals surface area (Å²) in [5.74, 6) is 0.756. The van der Waals surface area contributed by atoms with Crippen LogP contribution >= 0.6 is 0 Å². The first-order chi connectivity index (χ1) is 8.83. The van der Waals surface area contributed by atoms with Gasteiger partial charge in [0.05, 0.1) is 12.2 Å². The van der Waals surface area contributed by atoms with Crippen molar-refractivity contribution < 1.29 is 14.3 Å². The Morgan fingerprint density at radius 2 is 2.05 bits per heavy atom. The summed E-state index contributed by atoms with van der Waals surface area (Å²) >= 11 is 0. The summed E-state index contributed by atoms with van der Waals surface area (Å²) < 4.78 is 11.8. The van der Waals surface area contributed by atoms with E-state index in [1.807, 2.05) is 0 Å². The maximum atomic E-state index is 12.6. The van der Waals surface area contributed by atoms with Gasteiger partial charge >= 0.3 is 0 Å². The van der Waals surface area contributed by atoms with E-state index in [2.05, 4.69) is 26.8 Å². The van der Waals surface area contributed by atoms with Gasteiger partial charge in [0.2, 0.25) is 0 Å². The van der Waals surface area contributed by atoms with Crippen molar-refractivity contribution in [2.24, 2.45) is 17.3 Å². The van der Waals surface area contributed by atoms with E-state index < -0.39 is 5.60 Å². The molecule has 0 radical (unpaired) electrons. The van der Waals surface area contributed by atoms with Crippen molar-refractivity contribution in [1.82, 2.24) is 0 Å². The first-order valence-electron chi connectivity index (χ1n) is 7.26. The highest BCUT2D eigenvalue weighted by Crippen LogP contribution is 2.56. The van der Waals surface area contributed by atoms with Gasteiger partial charge < -0.3 is 9.47 Å². The fourth-order valence-corrected chi connectivity index (χ4v) is 4.40. The zero-order chi connectivity index (χ0) is 13.9. The Hall–Kier alpha value is -0.670. The second-order valence-corrected chi connectivity index (χ2v) is 7.29. The second-order valence-electron chi connectivity index (χ2n) is 7.29. The average Bonchev–Trinajstić information content (AvgIpc) is 2.44. The third kappa shape index (κ3) is 1.74. The molecule has 1 heterocycles. The molecule has 1 saturated carbocycles. The summed E-state index contributed by atoms with van der Waals surface area (Å²) in [7, 11) is 1.65. The highest BCUT2D eigenvalue weighted by Gasteiger charge is 2.60. The SMILES string of the molecule is CO[C@]12COC(C)(C)[C@@H]3CC[C@](C)(C=CC1=O)C[C@@H]32. The quantitative estimate of drug-likeness (QED) is 0.730. The van der Waals surface area contributed by atoms with Crippen LogP contribution in [0.3, 0.4) is 0 Å². The van der Waals surface area contributed by atoms with Gasteiger partial charge in [0.15, 0.2) is 11.4 Å². The van der Waals surface area contributed by atoms with Crippen LogP contribution in [-0.4, -0.2) is 30.7 Å². The maximum absolute atomic E-state index is 12.6. The molecule has 3 nitrogen and oxygen atoms in total. The van der Waals surface area contributed by atoms with Crippen LogP contribution in [-0.2, 0) is 14.3 Å². The summed E-state index contributed by atoms with van der Waals surface area (Å²) in [5.41, 5.74) is -0.766. The zero-order valence-electron chi connectivity index (χ0n) is 12.4. The van der Waals surface area contributed by atoms with Gasteiger partial charge in [-0.1, -0.05) is 13.0 Å². The molecule has 1 aliphatic heterocycles. The van der Waals surface area contributed by atoms with Crippen LogP contribution in [0.15, 0.2) is 12.2 Å². The largest absolute Gasteiger partial charge is 0.372 e. The molecule has 0 aromatic heterocycles. The Bertz CT molecular complexity index is 439. The van der Waals surface area contributed by atoms with Gasteiger partial charge in [-0.3, -0.25) is 4.79 Å². The lowest BCUT2D eigenvalue weighted by atomic mass is 9.57. The van der Waals surface area contributed by atoms with E-state index in [0.29, 0.717) is 12.5 Å². The van der Waals surface area contributed by atoms with Gasteiger partial charge in [0, 0.05) is 13.0 Å². The van der Waals surface area contributed by atoms with Gasteiger partial charge in [0.25, 0.3) is 0 Å². The Balaban J connectivity index is 2.10. The van der Waals surface area contributed by atoms with Gasteiger partial charge in [0.1, 0.15) is 0 Å². The molecule has 4 atom stereocenters. The van der Waals surface area contributed by atoms with Crippen LogP contribution in [0.4, 0.5) is 0 Å². The molecular formula is C16H24O3. The Morgan fingerprint density at radius 3 is 2.74 bits per heavy atom. The number of hydrogen-bond donors (Lipinski definition) is 0. The lowest BCUT2D eigenvalue weighted by molar-refractivity contribution is -0.235. The summed E-state index contributed by atoms with van der Waals surface area (Å²) in [4.78, 5) is 12.6. The molecule has 0 aromatic rings. The van der Waals surface area contributed by atoms with Gasteiger partial charge in [-0.25, -0.2) is 0 Å². The number of allylic oxidation sites excluding steroid dienone is 1. The number of carbonyl (C=O) groups is 1. The normalized spacial score (nSPS) is 47.9. The lowest BCUT2D eigenvalue weighted by Crippen LogP contribution is -2.63. The van der Waals surface area contributed by atoms with Gasteiger partial charge in [-0.15, -0.1) is 0 Å². The molecule has 3 heteroatoms. The smallest absolute Gasteiger partial charge is 0.189 e. The van der Waals surface area contributed by atoms with Crippen molar-refractivity contribution >= 4 is 5.78 Å². The molecule has 0 aromatic carbocycles. The third-order valence-electron chi connectivity index (χ3n) is 5.77. The molecule has 106 valence electrons. The van der Waals surface area contributed by atoms with Crippen LogP contribution in [0.5, 0.6) is 0 Å². The Morgan fingerprint density at radius 1 is 1.32 bits per heavy atom. The number of carbonyl (C=O) groups excluding carboxylic acids is 1. The molecule has 3 aliphatic rings. The van der Waals surface area contributed by atoms with E-state index in [4.69, 9.17) is 9.47 Å². The summed E-state index contributed by atoms with van der Waals surface area (Å²) in [6.45, 7) is 6.96. The van der Waals surface area contributed by atoms with Crippen LogP contribution in [0.25, 0.3) is 0 Å². The van der Waals surface area contributed by atoms with E-state index in [9.17, 15) is 4.79 Å². The molecule has 1 saturated heterocycles. The van der Waals surface area contributed by atoms with Crippen molar-refractivity contribution in [3.8, 4) is 0 Å². The molecule has 0 N–H and O–H groups in total. The Labute approximate surface area is 115 Å². The maximum Gasteiger partial charge on any atom is 0.189 e. The number of ketones is 1. The van der Waals surface area contributed by atoms with E-state index >= 15 is 0 Å². The summed E-state index contributed by atoms with van der Waals surface area (Å²) in [5, 5.41) is 0. The van der Waals surface area contributed by atoms with Crippen molar-refractivity contribution in [2.75, 3.05) is 13.7 Å². The first kappa shape index (κ1) is 13.3. The zero-order valence-corrected chi connectivity index (χ0v) is 12.4.